The summed E-state index contributed by atoms with van der Waals surface area (Å²) in [5.41, 5.74) is 6.14. The van der Waals surface area contributed by atoms with E-state index >= 15 is 0 Å². The molecule has 1 atom stereocenters. The van der Waals surface area contributed by atoms with Crippen LogP contribution in [-0.4, -0.2) is 44.6 Å². The van der Waals surface area contributed by atoms with Crippen molar-refractivity contribution in [2.45, 2.75) is 17.4 Å². The van der Waals surface area contributed by atoms with E-state index in [0.29, 0.717) is 23.1 Å². The molecule has 0 saturated carbocycles. The second-order valence-corrected chi connectivity index (χ2v) is 7.56. The van der Waals surface area contributed by atoms with Crippen LogP contribution in [0.5, 0.6) is 0 Å². The fourth-order valence-corrected chi connectivity index (χ4v) is 3.97. The van der Waals surface area contributed by atoms with Crippen LogP contribution >= 0.6 is 15.9 Å². The summed E-state index contributed by atoms with van der Waals surface area (Å²) in [6.45, 7) is 1.13. The number of nitrogens with zero attached hydrogens (tertiary/aromatic N) is 1. The molecule has 0 radical (unpaired) electrons. The second kappa shape index (κ2) is 5.22. The highest BCUT2D eigenvalue weighted by atomic mass is 79.9. The molecule has 1 aliphatic heterocycles. The molecule has 19 heavy (non-hydrogen) atoms. The van der Waals surface area contributed by atoms with Gasteiger partial charge in [-0.25, -0.2) is 8.42 Å². The maximum absolute atomic E-state index is 12.2. The summed E-state index contributed by atoms with van der Waals surface area (Å²) >= 11 is 3.18. The SMILES string of the molecule is CS(=O)(=O)c1cc(C(=O)N2CCC(N)C2)ccc1Br. The Labute approximate surface area is 120 Å². The number of hydrogen-bond acceptors (Lipinski definition) is 4. The van der Waals surface area contributed by atoms with Crippen LogP contribution in [0.3, 0.4) is 0 Å². The summed E-state index contributed by atoms with van der Waals surface area (Å²) in [5.74, 6) is -0.176. The first-order chi connectivity index (χ1) is 8.79. The maximum atomic E-state index is 12.2. The first-order valence-electron chi connectivity index (χ1n) is 5.83. The summed E-state index contributed by atoms with van der Waals surface area (Å²) < 4.78 is 23.7. The lowest BCUT2D eigenvalue weighted by molar-refractivity contribution is 0.0790. The summed E-state index contributed by atoms with van der Waals surface area (Å²) in [7, 11) is -3.37. The Morgan fingerprint density at radius 3 is 2.68 bits per heavy atom. The van der Waals surface area contributed by atoms with Crippen molar-refractivity contribution in [3.63, 3.8) is 0 Å². The van der Waals surface area contributed by atoms with Crippen LogP contribution in [0.4, 0.5) is 0 Å². The van der Waals surface area contributed by atoms with Crippen molar-refractivity contribution in [3.8, 4) is 0 Å². The van der Waals surface area contributed by atoms with Crippen LogP contribution in [0.1, 0.15) is 16.8 Å². The fourth-order valence-electron chi connectivity index (χ4n) is 2.07. The summed E-state index contributed by atoms with van der Waals surface area (Å²) in [5, 5.41) is 0. The van der Waals surface area contributed by atoms with Crippen LogP contribution in [0.15, 0.2) is 27.6 Å². The van der Waals surface area contributed by atoms with E-state index in [9.17, 15) is 13.2 Å². The molecule has 0 aliphatic carbocycles. The van der Waals surface area contributed by atoms with Crippen molar-refractivity contribution in [3.05, 3.63) is 28.2 Å². The molecule has 1 aromatic rings. The van der Waals surface area contributed by atoms with Crippen LogP contribution < -0.4 is 5.73 Å². The van der Waals surface area contributed by atoms with Crippen molar-refractivity contribution < 1.29 is 13.2 Å². The Balaban J connectivity index is 2.34. The zero-order valence-electron chi connectivity index (χ0n) is 10.5. The van der Waals surface area contributed by atoms with E-state index in [2.05, 4.69) is 15.9 Å². The lowest BCUT2D eigenvalue weighted by Gasteiger charge is -2.16. The highest BCUT2D eigenvalue weighted by Crippen LogP contribution is 2.24. The molecule has 1 heterocycles. The zero-order valence-corrected chi connectivity index (χ0v) is 12.9. The topological polar surface area (TPSA) is 80.5 Å². The van der Waals surface area contributed by atoms with Crippen LogP contribution in [-0.2, 0) is 9.84 Å². The molecule has 1 aliphatic rings. The molecule has 104 valence electrons. The molecule has 2 N–H and O–H groups in total. The lowest BCUT2D eigenvalue weighted by atomic mass is 10.2. The third-order valence-electron chi connectivity index (χ3n) is 3.09. The van der Waals surface area contributed by atoms with Gasteiger partial charge in [0, 0.05) is 35.4 Å². The molecule has 5 nitrogen and oxygen atoms in total. The van der Waals surface area contributed by atoms with Gasteiger partial charge in [-0.1, -0.05) is 0 Å². The molecule has 1 unspecified atom stereocenters. The average Bonchev–Trinajstić information content (AvgIpc) is 2.74. The number of halogens is 1. The number of rotatable bonds is 2. The van der Waals surface area contributed by atoms with Gasteiger partial charge in [0.05, 0.1) is 4.90 Å². The molecule has 0 bridgehead atoms. The number of carbonyl (C=O) groups is 1. The molecule has 1 saturated heterocycles. The van der Waals surface area contributed by atoms with Gasteiger partial charge in [0.1, 0.15) is 0 Å². The van der Waals surface area contributed by atoms with Gasteiger partial charge in [0.15, 0.2) is 9.84 Å². The quantitative estimate of drug-likeness (QED) is 0.866. The van der Waals surface area contributed by atoms with Gasteiger partial charge in [0.2, 0.25) is 0 Å². The summed E-state index contributed by atoms with van der Waals surface area (Å²) in [4.78, 5) is 14.0. The van der Waals surface area contributed by atoms with Gasteiger partial charge in [-0.3, -0.25) is 4.79 Å². The Hall–Kier alpha value is -0.920. The molecular weight excluding hydrogens is 332 g/mol. The number of sulfone groups is 1. The fraction of sp³-hybridized carbons (Fsp3) is 0.417. The van der Waals surface area contributed by atoms with E-state index in [4.69, 9.17) is 5.73 Å². The molecule has 2 rings (SSSR count). The van der Waals surface area contributed by atoms with Crippen molar-refractivity contribution in [1.29, 1.82) is 0 Å². The van der Waals surface area contributed by atoms with Crippen LogP contribution in [0, 0.1) is 0 Å². The number of nitrogens with two attached hydrogens (primary N) is 1. The Morgan fingerprint density at radius 2 is 2.16 bits per heavy atom. The van der Waals surface area contributed by atoms with E-state index in [1.165, 1.54) is 6.07 Å². The van der Waals surface area contributed by atoms with Gasteiger partial charge in [-0.2, -0.15) is 0 Å². The van der Waals surface area contributed by atoms with E-state index in [0.717, 1.165) is 12.7 Å². The molecule has 7 heteroatoms. The Morgan fingerprint density at radius 1 is 1.47 bits per heavy atom. The molecule has 0 aromatic heterocycles. The third kappa shape index (κ3) is 3.16. The normalized spacial score (nSPS) is 19.7. The van der Waals surface area contributed by atoms with Crippen molar-refractivity contribution in [1.82, 2.24) is 4.90 Å². The van der Waals surface area contributed by atoms with Crippen molar-refractivity contribution in [2.75, 3.05) is 19.3 Å². The Bertz CT molecular complexity index is 615. The molecule has 0 spiro atoms. The Kier molecular flexibility index (Phi) is 3.98. The van der Waals surface area contributed by atoms with Crippen LogP contribution in [0.2, 0.25) is 0 Å². The standard InChI is InChI=1S/C12H15BrN2O3S/c1-19(17,18)11-6-8(2-3-10(11)13)12(16)15-5-4-9(14)7-15/h2-3,6,9H,4-5,7,14H2,1H3. The molecular formula is C12H15BrN2O3S. The minimum atomic E-state index is -3.37. The number of benzene rings is 1. The molecule has 1 aromatic carbocycles. The number of amides is 1. The van der Waals surface area contributed by atoms with Crippen molar-refractivity contribution in [2.24, 2.45) is 5.73 Å². The predicted molar refractivity (Wildman–Crippen MR) is 75.7 cm³/mol. The zero-order chi connectivity index (χ0) is 14.2. The van der Waals surface area contributed by atoms with Gasteiger partial charge in [-0.15, -0.1) is 0 Å². The van der Waals surface area contributed by atoms with E-state index in [1.54, 1.807) is 17.0 Å². The van der Waals surface area contributed by atoms with Crippen LogP contribution in [0.25, 0.3) is 0 Å². The smallest absolute Gasteiger partial charge is 0.253 e. The highest BCUT2D eigenvalue weighted by molar-refractivity contribution is 9.10. The minimum Gasteiger partial charge on any atom is -0.337 e. The number of likely N-dealkylation sites (tertiary alicyclic amines) is 1. The summed E-state index contributed by atoms with van der Waals surface area (Å²) in [6, 6.07) is 4.62. The van der Waals surface area contributed by atoms with Gasteiger partial charge in [-0.05, 0) is 40.5 Å². The minimum absolute atomic E-state index is 0.00813. The van der Waals surface area contributed by atoms with Gasteiger partial charge in [0.25, 0.3) is 5.91 Å². The van der Waals surface area contributed by atoms with Gasteiger partial charge < -0.3 is 10.6 Å². The third-order valence-corrected chi connectivity index (χ3v) is 5.18. The largest absolute Gasteiger partial charge is 0.337 e. The number of carbonyl (C=O) groups excluding carboxylic acids is 1. The van der Waals surface area contributed by atoms with E-state index in [1.807, 2.05) is 0 Å². The van der Waals surface area contributed by atoms with E-state index in [-0.39, 0.29) is 16.8 Å². The average molecular weight is 347 g/mol. The second-order valence-electron chi connectivity index (χ2n) is 4.72. The summed E-state index contributed by atoms with van der Waals surface area (Å²) in [6.07, 6.45) is 1.90. The molecule has 1 fully saturated rings. The number of hydrogen-bond donors (Lipinski definition) is 1. The van der Waals surface area contributed by atoms with E-state index < -0.39 is 9.84 Å². The first-order valence-corrected chi connectivity index (χ1v) is 8.52. The predicted octanol–water partition coefficient (Wildman–Crippen LogP) is 1.03. The van der Waals surface area contributed by atoms with Crippen molar-refractivity contribution >= 4 is 31.7 Å². The maximum Gasteiger partial charge on any atom is 0.253 e. The molecule has 1 amide bonds. The first kappa shape index (κ1) is 14.5. The monoisotopic (exact) mass is 346 g/mol. The highest BCUT2D eigenvalue weighted by Gasteiger charge is 2.25. The van der Waals surface area contributed by atoms with Gasteiger partial charge >= 0.3 is 0 Å². The lowest BCUT2D eigenvalue weighted by Crippen LogP contribution is -2.31.